The molecule has 0 aliphatic carbocycles. The van der Waals surface area contributed by atoms with Crippen LogP contribution in [0.4, 0.5) is 17.1 Å². The van der Waals surface area contributed by atoms with E-state index < -0.39 is 0 Å². The van der Waals surface area contributed by atoms with Gasteiger partial charge in [0.25, 0.3) is 0 Å². The van der Waals surface area contributed by atoms with E-state index in [0.29, 0.717) is 0 Å². The molecule has 0 N–H and O–H groups in total. The van der Waals surface area contributed by atoms with Crippen LogP contribution in [0.25, 0.3) is 99.2 Å². The van der Waals surface area contributed by atoms with Crippen LogP contribution in [0, 0.1) is 0 Å². The average molecular weight is 780 g/mol. The number of fused-ring (bicyclic) bond motifs is 8. The highest BCUT2D eigenvalue weighted by Crippen LogP contribution is 2.46. The van der Waals surface area contributed by atoms with E-state index in [1.165, 1.54) is 22.3 Å². The lowest BCUT2D eigenvalue weighted by molar-refractivity contribution is 0.669. The molecule has 0 saturated carbocycles. The van der Waals surface area contributed by atoms with Crippen molar-refractivity contribution in [3.8, 4) is 44.5 Å². The first-order valence-corrected chi connectivity index (χ1v) is 20.7. The fourth-order valence-electron chi connectivity index (χ4n) is 9.21. The third kappa shape index (κ3) is 5.90. The van der Waals surface area contributed by atoms with Crippen LogP contribution < -0.4 is 4.90 Å². The van der Waals surface area contributed by atoms with Gasteiger partial charge in [0.15, 0.2) is 0 Å². The van der Waals surface area contributed by atoms with Crippen LogP contribution in [-0.2, 0) is 0 Å². The lowest BCUT2D eigenvalue weighted by Gasteiger charge is -2.27. The second kappa shape index (κ2) is 14.3. The Hall–Kier alpha value is -8.14. The molecule has 0 amide bonds. The van der Waals surface area contributed by atoms with Crippen molar-refractivity contribution in [1.82, 2.24) is 0 Å². The van der Waals surface area contributed by atoms with Crippen LogP contribution >= 0.6 is 0 Å². The van der Waals surface area contributed by atoms with Crippen LogP contribution in [0.5, 0.6) is 0 Å². The molecular weight excluding hydrogens is 743 g/mol. The molecule has 12 aromatic rings. The van der Waals surface area contributed by atoms with Crippen molar-refractivity contribution in [3.63, 3.8) is 0 Å². The highest BCUT2D eigenvalue weighted by Gasteiger charge is 2.21. The monoisotopic (exact) mass is 779 g/mol. The van der Waals surface area contributed by atoms with E-state index in [1.54, 1.807) is 0 Å². The molecule has 2 heterocycles. The second-order valence-electron chi connectivity index (χ2n) is 15.6. The first-order chi connectivity index (χ1) is 30.2. The van der Waals surface area contributed by atoms with Crippen LogP contribution in [0.3, 0.4) is 0 Å². The van der Waals surface area contributed by atoms with E-state index in [2.05, 4.69) is 217 Å². The van der Waals surface area contributed by atoms with E-state index in [0.717, 1.165) is 94.0 Å². The van der Waals surface area contributed by atoms with Gasteiger partial charge >= 0.3 is 0 Å². The van der Waals surface area contributed by atoms with Crippen molar-refractivity contribution in [3.05, 3.63) is 224 Å². The van der Waals surface area contributed by atoms with Crippen molar-refractivity contribution in [2.45, 2.75) is 0 Å². The van der Waals surface area contributed by atoms with E-state index in [4.69, 9.17) is 8.83 Å². The van der Waals surface area contributed by atoms with E-state index in [9.17, 15) is 0 Å². The first-order valence-electron chi connectivity index (χ1n) is 20.7. The lowest BCUT2D eigenvalue weighted by Crippen LogP contribution is -2.10. The van der Waals surface area contributed by atoms with Gasteiger partial charge in [-0.05, 0) is 111 Å². The largest absolute Gasteiger partial charge is 0.456 e. The van der Waals surface area contributed by atoms with Gasteiger partial charge in [-0.1, -0.05) is 164 Å². The SMILES string of the molecule is c1ccc(-c2ccc(-c3ccc(N(c4ccc(-c5cccc6oc7ccccc7c56)cc4)c4cccc5oc6c7ccccc7ccc6c45)cc3)cc2-c2ccccc2)cc1. The number of nitrogens with zero attached hydrogens (tertiary/aromatic N) is 1. The minimum Gasteiger partial charge on any atom is -0.456 e. The fourth-order valence-corrected chi connectivity index (χ4v) is 9.21. The Morgan fingerprint density at radius 3 is 1.62 bits per heavy atom. The summed E-state index contributed by atoms with van der Waals surface area (Å²) in [5.74, 6) is 0. The van der Waals surface area contributed by atoms with E-state index in [1.807, 2.05) is 12.1 Å². The molecule has 0 spiro atoms. The van der Waals surface area contributed by atoms with Gasteiger partial charge in [0.2, 0.25) is 0 Å². The second-order valence-corrected chi connectivity index (χ2v) is 15.6. The van der Waals surface area contributed by atoms with E-state index in [-0.39, 0.29) is 0 Å². The van der Waals surface area contributed by atoms with Gasteiger partial charge < -0.3 is 13.7 Å². The Balaban J connectivity index is 1.01. The Morgan fingerprint density at radius 2 is 0.869 bits per heavy atom. The Morgan fingerprint density at radius 1 is 0.295 bits per heavy atom. The maximum absolute atomic E-state index is 6.70. The van der Waals surface area contributed by atoms with Gasteiger partial charge in [-0.15, -0.1) is 0 Å². The van der Waals surface area contributed by atoms with Gasteiger partial charge in [0.1, 0.15) is 22.3 Å². The molecule has 0 bridgehead atoms. The summed E-state index contributed by atoms with van der Waals surface area (Å²) >= 11 is 0. The number of hydrogen-bond donors (Lipinski definition) is 0. The summed E-state index contributed by atoms with van der Waals surface area (Å²) < 4.78 is 13.0. The first kappa shape index (κ1) is 34.9. The molecule has 0 unspecified atom stereocenters. The summed E-state index contributed by atoms with van der Waals surface area (Å²) in [4.78, 5) is 2.36. The zero-order valence-electron chi connectivity index (χ0n) is 33.1. The van der Waals surface area contributed by atoms with Crippen molar-refractivity contribution >= 4 is 71.7 Å². The Kier molecular flexibility index (Phi) is 8.17. The molecule has 3 heteroatoms. The van der Waals surface area contributed by atoms with Crippen molar-refractivity contribution in [1.29, 1.82) is 0 Å². The van der Waals surface area contributed by atoms with Crippen LogP contribution in [-0.4, -0.2) is 0 Å². The van der Waals surface area contributed by atoms with Gasteiger partial charge in [0, 0.05) is 32.9 Å². The molecule has 61 heavy (non-hydrogen) atoms. The molecule has 0 radical (unpaired) electrons. The summed E-state index contributed by atoms with van der Waals surface area (Å²) in [6.07, 6.45) is 0. The quantitative estimate of drug-likeness (QED) is 0.161. The molecular formula is C58H37NO2. The predicted molar refractivity (Wildman–Crippen MR) is 255 cm³/mol. The standard InChI is InChI=1S/C58H37NO2/c1-3-13-39(14-4-1)46-35-30-43(37-51(46)40-15-5-2-6-16-40)38-25-31-44(32-26-38)59(52-21-12-24-55-57(52)50-36-29-41-17-7-8-18-48(41)58(50)61-55)45-33-27-42(28-34-45)47-20-11-23-54-56(47)49-19-9-10-22-53(49)60-54/h1-37H. The van der Waals surface area contributed by atoms with Gasteiger partial charge in [-0.3, -0.25) is 0 Å². The molecule has 3 nitrogen and oxygen atoms in total. The fraction of sp³-hybridized carbons (Fsp3) is 0. The van der Waals surface area contributed by atoms with Crippen molar-refractivity contribution in [2.24, 2.45) is 0 Å². The number of anilines is 3. The summed E-state index contributed by atoms with van der Waals surface area (Å²) in [6, 6.07) is 79.9. The predicted octanol–water partition coefficient (Wildman–Crippen LogP) is 16.8. The van der Waals surface area contributed by atoms with Crippen molar-refractivity contribution in [2.75, 3.05) is 4.90 Å². The molecule has 0 saturated heterocycles. The minimum absolute atomic E-state index is 0.854. The molecule has 0 aliphatic rings. The molecule has 2 aromatic heterocycles. The molecule has 0 atom stereocenters. The molecule has 286 valence electrons. The zero-order chi connectivity index (χ0) is 40.3. The maximum Gasteiger partial charge on any atom is 0.143 e. The summed E-state index contributed by atoms with van der Waals surface area (Å²) in [5.41, 5.74) is 16.1. The third-order valence-electron chi connectivity index (χ3n) is 12.1. The van der Waals surface area contributed by atoms with Gasteiger partial charge in [0.05, 0.1) is 11.1 Å². The van der Waals surface area contributed by atoms with Crippen LogP contribution in [0.2, 0.25) is 0 Å². The van der Waals surface area contributed by atoms with Crippen LogP contribution in [0.15, 0.2) is 233 Å². The number of rotatable bonds is 7. The third-order valence-corrected chi connectivity index (χ3v) is 12.1. The highest BCUT2D eigenvalue weighted by atomic mass is 16.3. The number of benzene rings is 10. The molecule has 0 fully saturated rings. The Labute approximate surface area is 353 Å². The van der Waals surface area contributed by atoms with Gasteiger partial charge in [-0.2, -0.15) is 0 Å². The molecule has 0 aliphatic heterocycles. The van der Waals surface area contributed by atoms with Crippen LogP contribution in [0.1, 0.15) is 0 Å². The maximum atomic E-state index is 6.70. The number of furan rings is 2. The summed E-state index contributed by atoms with van der Waals surface area (Å²) in [6.45, 7) is 0. The zero-order valence-corrected chi connectivity index (χ0v) is 33.1. The highest BCUT2D eigenvalue weighted by molar-refractivity contribution is 6.19. The smallest absolute Gasteiger partial charge is 0.143 e. The number of para-hydroxylation sites is 1. The minimum atomic E-state index is 0.854. The number of hydrogen-bond acceptors (Lipinski definition) is 3. The Bertz CT molecular complexity index is 3560. The average Bonchev–Trinajstić information content (AvgIpc) is 3.92. The summed E-state index contributed by atoms with van der Waals surface area (Å²) in [7, 11) is 0. The van der Waals surface area contributed by atoms with Crippen molar-refractivity contribution < 1.29 is 8.83 Å². The van der Waals surface area contributed by atoms with E-state index >= 15 is 0 Å². The lowest BCUT2D eigenvalue weighted by atomic mass is 9.91. The normalized spacial score (nSPS) is 11.6. The molecule has 10 aromatic carbocycles. The topological polar surface area (TPSA) is 29.5 Å². The van der Waals surface area contributed by atoms with Gasteiger partial charge in [-0.25, -0.2) is 0 Å². The summed E-state index contributed by atoms with van der Waals surface area (Å²) in [5, 5.41) is 6.69. The molecule has 12 rings (SSSR count).